The van der Waals surface area contributed by atoms with Gasteiger partial charge in [-0.15, -0.1) is 23.2 Å². The monoisotopic (exact) mass is 462 g/mol. The molecule has 7 nitrogen and oxygen atoms in total. The topological polar surface area (TPSA) is 68.7 Å². The van der Waals surface area contributed by atoms with E-state index in [1.54, 1.807) is 0 Å². The van der Waals surface area contributed by atoms with Crippen molar-refractivity contribution in [1.82, 2.24) is 9.97 Å². The first-order chi connectivity index (χ1) is 15.3. The van der Waals surface area contributed by atoms with Gasteiger partial charge in [0.25, 0.3) is 0 Å². The molecule has 2 heterocycles. The summed E-state index contributed by atoms with van der Waals surface area (Å²) in [7, 11) is 0. The third-order valence-electron chi connectivity index (χ3n) is 4.88. The van der Waals surface area contributed by atoms with Crippen molar-refractivity contribution >= 4 is 51.3 Å². The minimum absolute atomic E-state index is 0.451. The lowest BCUT2D eigenvalue weighted by molar-refractivity contribution is 0.0877. The number of benzene rings is 2. The number of nitrogens with zero attached hydrogens (tertiary/aromatic N) is 3. The number of alkyl halides is 2. The molecule has 1 N–H and O–H groups in total. The van der Waals surface area contributed by atoms with Crippen LogP contribution in [0, 0.1) is 0 Å². The van der Waals surface area contributed by atoms with Crippen LogP contribution in [0.4, 0.5) is 17.2 Å². The molecule has 31 heavy (non-hydrogen) atoms. The Kier molecular flexibility index (Phi) is 7.51. The summed E-state index contributed by atoms with van der Waals surface area (Å²) in [5, 5.41) is 4.29. The van der Waals surface area contributed by atoms with E-state index in [0.29, 0.717) is 68.6 Å². The van der Waals surface area contributed by atoms with E-state index in [2.05, 4.69) is 20.2 Å². The van der Waals surface area contributed by atoms with Gasteiger partial charge in [0.15, 0.2) is 11.5 Å². The number of hydrogen-bond donors (Lipinski definition) is 1. The van der Waals surface area contributed by atoms with Crippen molar-refractivity contribution in [1.29, 1.82) is 0 Å². The van der Waals surface area contributed by atoms with Gasteiger partial charge in [-0.2, -0.15) is 0 Å². The van der Waals surface area contributed by atoms with Gasteiger partial charge in [0.1, 0.15) is 25.4 Å². The number of anilines is 3. The van der Waals surface area contributed by atoms with Crippen molar-refractivity contribution in [2.75, 3.05) is 61.5 Å². The lowest BCUT2D eigenvalue weighted by Gasteiger charge is -2.26. The molecule has 0 amide bonds. The van der Waals surface area contributed by atoms with E-state index >= 15 is 0 Å². The Morgan fingerprint density at radius 3 is 2.35 bits per heavy atom. The summed E-state index contributed by atoms with van der Waals surface area (Å²) in [5.41, 5.74) is 2.68. The fourth-order valence-electron chi connectivity index (χ4n) is 3.45. The molecule has 0 saturated heterocycles. The van der Waals surface area contributed by atoms with Gasteiger partial charge in [0.2, 0.25) is 0 Å². The molecule has 1 aliphatic rings. The Labute approximate surface area is 191 Å². The molecule has 0 unspecified atom stereocenters. The number of ether oxygens (including phenoxy) is 3. The second-order valence-electron chi connectivity index (χ2n) is 6.85. The molecule has 2 aromatic carbocycles. The minimum Gasteiger partial charge on any atom is -0.487 e. The number of aromatic nitrogens is 2. The number of rotatable bonds is 7. The second kappa shape index (κ2) is 10.7. The van der Waals surface area contributed by atoms with Crippen LogP contribution in [0.25, 0.3) is 10.9 Å². The molecular formula is C22H24Cl2N4O3. The number of halogens is 2. The lowest BCUT2D eigenvalue weighted by atomic mass is 10.2. The fraction of sp³-hybridized carbons (Fsp3) is 0.364. The van der Waals surface area contributed by atoms with Crippen molar-refractivity contribution in [3.63, 3.8) is 0 Å². The molecule has 9 heteroatoms. The van der Waals surface area contributed by atoms with Crippen LogP contribution in [0.3, 0.4) is 0 Å². The van der Waals surface area contributed by atoms with Crippen LogP contribution in [0.1, 0.15) is 0 Å². The highest BCUT2D eigenvalue weighted by molar-refractivity contribution is 6.18. The van der Waals surface area contributed by atoms with Crippen LogP contribution in [0.5, 0.6) is 11.5 Å². The van der Waals surface area contributed by atoms with E-state index in [0.717, 1.165) is 22.3 Å². The normalized spacial score (nSPS) is 13.9. The third kappa shape index (κ3) is 5.23. The predicted octanol–water partition coefficient (Wildman–Crippen LogP) is 4.45. The Morgan fingerprint density at radius 2 is 1.61 bits per heavy atom. The standard InChI is InChI=1S/C22H24Cl2N4O3/c23-5-7-28(8-6-24)19-4-2-1-3-17(19)27-22-16-13-20-21(14-18(16)25-15-26-22)31-12-10-29-9-11-30-20/h1-4,13-15H,5-12H2,(H,25,26,27). The zero-order valence-corrected chi connectivity index (χ0v) is 18.5. The molecule has 164 valence electrons. The summed E-state index contributed by atoms with van der Waals surface area (Å²) >= 11 is 12.0. The third-order valence-corrected chi connectivity index (χ3v) is 5.22. The fourth-order valence-corrected chi connectivity index (χ4v) is 3.86. The van der Waals surface area contributed by atoms with Crippen molar-refractivity contribution in [2.45, 2.75) is 0 Å². The van der Waals surface area contributed by atoms with Gasteiger partial charge in [-0.1, -0.05) is 12.1 Å². The maximum Gasteiger partial charge on any atom is 0.163 e. The van der Waals surface area contributed by atoms with Crippen LogP contribution in [0.15, 0.2) is 42.7 Å². The number of para-hydroxylation sites is 2. The van der Waals surface area contributed by atoms with Crippen molar-refractivity contribution in [3.05, 3.63) is 42.7 Å². The summed E-state index contributed by atoms with van der Waals surface area (Å²) in [6.07, 6.45) is 1.54. The highest BCUT2D eigenvalue weighted by Crippen LogP contribution is 2.36. The van der Waals surface area contributed by atoms with Crippen LogP contribution in [0.2, 0.25) is 0 Å². The SMILES string of the molecule is ClCCN(CCCl)c1ccccc1Nc1ncnc2cc3c(cc12)OCCOCCO3. The van der Waals surface area contributed by atoms with Crippen LogP contribution in [-0.2, 0) is 4.74 Å². The van der Waals surface area contributed by atoms with E-state index in [4.69, 9.17) is 37.4 Å². The Hall–Kier alpha value is -2.48. The molecular weight excluding hydrogens is 439 g/mol. The Morgan fingerprint density at radius 1 is 0.903 bits per heavy atom. The molecule has 1 aliphatic heterocycles. The highest BCUT2D eigenvalue weighted by atomic mass is 35.5. The maximum absolute atomic E-state index is 6.02. The van der Waals surface area contributed by atoms with E-state index in [9.17, 15) is 0 Å². The van der Waals surface area contributed by atoms with Gasteiger partial charge in [0.05, 0.1) is 30.1 Å². The Balaban J connectivity index is 1.71. The summed E-state index contributed by atoms with van der Waals surface area (Å²) in [5.74, 6) is 2.99. The van der Waals surface area contributed by atoms with Crippen LogP contribution >= 0.6 is 23.2 Å². The predicted molar refractivity (Wildman–Crippen MR) is 125 cm³/mol. The molecule has 0 aliphatic carbocycles. The highest BCUT2D eigenvalue weighted by Gasteiger charge is 2.16. The zero-order valence-electron chi connectivity index (χ0n) is 17.0. The number of nitrogens with one attached hydrogen (secondary N) is 1. The molecule has 1 aromatic heterocycles. The summed E-state index contributed by atoms with van der Waals surface area (Å²) in [6.45, 7) is 3.34. The van der Waals surface area contributed by atoms with Crippen molar-refractivity contribution < 1.29 is 14.2 Å². The van der Waals surface area contributed by atoms with Gasteiger partial charge >= 0.3 is 0 Å². The van der Waals surface area contributed by atoms with Crippen LogP contribution < -0.4 is 19.7 Å². The summed E-state index contributed by atoms with van der Waals surface area (Å²) in [6, 6.07) is 11.8. The lowest BCUT2D eigenvalue weighted by Crippen LogP contribution is -2.28. The van der Waals surface area contributed by atoms with E-state index < -0.39 is 0 Å². The maximum atomic E-state index is 6.02. The average molecular weight is 463 g/mol. The van der Waals surface area contributed by atoms with Gasteiger partial charge in [-0.25, -0.2) is 9.97 Å². The van der Waals surface area contributed by atoms with Crippen molar-refractivity contribution in [2.24, 2.45) is 0 Å². The number of fused-ring (bicyclic) bond motifs is 2. The first-order valence-electron chi connectivity index (χ1n) is 10.1. The van der Waals surface area contributed by atoms with Gasteiger partial charge in [0, 0.05) is 36.3 Å². The molecule has 0 radical (unpaired) electrons. The average Bonchev–Trinajstić information content (AvgIpc) is 2.90. The minimum atomic E-state index is 0.451. The van der Waals surface area contributed by atoms with E-state index in [-0.39, 0.29) is 0 Å². The van der Waals surface area contributed by atoms with Crippen LogP contribution in [-0.4, -0.2) is 61.2 Å². The molecule has 0 bridgehead atoms. The second-order valence-corrected chi connectivity index (χ2v) is 7.61. The summed E-state index contributed by atoms with van der Waals surface area (Å²) < 4.78 is 17.1. The number of hydrogen-bond acceptors (Lipinski definition) is 7. The molecule has 0 saturated carbocycles. The zero-order chi connectivity index (χ0) is 21.5. The smallest absolute Gasteiger partial charge is 0.163 e. The molecule has 4 rings (SSSR count). The first kappa shape index (κ1) is 21.7. The van der Waals surface area contributed by atoms with Gasteiger partial charge < -0.3 is 24.4 Å². The van der Waals surface area contributed by atoms with Gasteiger partial charge in [-0.05, 0) is 18.2 Å². The van der Waals surface area contributed by atoms with Crippen molar-refractivity contribution in [3.8, 4) is 11.5 Å². The summed E-state index contributed by atoms with van der Waals surface area (Å²) in [4.78, 5) is 11.1. The molecule has 0 fully saturated rings. The van der Waals surface area contributed by atoms with Gasteiger partial charge in [-0.3, -0.25) is 0 Å². The molecule has 3 aromatic rings. The Bertz CT molecular complexity index is 1020. The quantitative estimate of drug-likeness (QED) is 0.520. The van der Waals surface area contributed by atoms with E-state index in [1.165, 1.54) is 6.33 Å². The molecule has 0 atom stereocenters. The molecule has 0 spiro atoms. The first-order valence-corrected chi connectivity index (χ1v) is 11.2. The largest absolute Gasteiger partial charge is 0.487 e. The van der Waals surface area contributed by atoms with E-state index in [1.807, 2.05) is 36.4 Å².